The molecule has 0 saturated heterocycles. The van der Waals surface area contributed by atoms with Gasteiger partial charge in [-0.2, -0.15) is 0 Å². The van der Waals surface area contributed by atoms with Crippen molar-refractivity contribution in [3.05, 3.63) is 108 Å². The molecule has 1 aliphatic rings. The number of aryl methyl sites for hydroxylation is 3. The SMILES string of the molecule is C=CCCc1cc2ccc(CCc3ccc(C4CCC(CCC=C)CC4)cc3)cc2c(F)c1F. The second-order valence-electron chi connectivity index (χ2n) is 9.87. The van der Waals surface area contributed by atoms with Crippen LogP contribution >= 0.6 is 0 Å². The Bertz CT molecular complexity index is 1120. The van der Waals surface area contributed by atoms with Gasteiger partial charge in [-0.05, 0) is 116 Å². The van der Waals surface area contributed by atoms with Crippen molar-refractivity contribution in [2.45, 2.75) is 70.1 Å². The third-order valence-electron chi connectivity index (χ3n) is 7.56. The van der Waals surface area contributed by atoms with Crippen molar-refractivity contribution in [1.29, 1.82) is 0 Å². The largest absolute Gasteiger partial charge is 0.203 e. The van der Waals surface area contributed by atoms with E-state index in [1.807, 2.05) is 24.3 Å². The van der Waals surface area contributed by atoms with Gasteiger partial charge in [0.2, 0.25) is 0 Å². The van der Waals surface area contributed by atoms with Crippen LogP contribution in [0.5, 0.6) is 0 Å². The summed E-state index contributed by atoms with van der Waals surface area (Å²) in [6.45, 7) is 7.52. The second kappa shape index (κ2) is 11.6. The Kier molecular flexibility index (Phi) is 8.32. The minimum Gasteiger partial charge on any atom is -0.203 e. The number of halogens is 2. The molecule has 1 aliphatic carbocycles. The van der Waals surface area contributed by atoms with Crippen molar-refractivity contribution >= 4 is 10.8 Å². The van der Waals surface area contributed by atoms with Gasteiger partial charge in [0.15, 0.2) is 11.6 Å². The van der Waals surface area contributed by atoms with E-state index in [0.29, 0.717) is 29.7 Å². The molecular weight excluding hydrogens is 422 g/mol. The second-order valence-corrected chi connectivity index (χ2v) is 9.87. The average Bonchev–Trinajstić information content (AvgIpc) is 2.88. The minimum atomic E-state index is -0.734. The molecule has 0 heterocycles. The lowest BCUT2D eigenvalue weighted by Gasteiger charge is -2.28. The van der Waals surface area contributed by atoms with Crippen LogP contribution in [0.25, 0.3) is 10.8 Å². The molecule has 3 aromatic carbocycles. The Morgan fingerprint density at radius 1 is 0.735 bits per heavy atom. The molecule has 0 spiro atoms. The van der Waals surface area contributed by atoms with Crippen molar-refractivity contribution in [2.75, 3.05) is 0 Å². The van der Waals surface area contributed by atoms with Gasteiger partial charge in [-0.25, -0.2) is 8.78 Å². The summed E-state index contributed by atoms with van der Waals surface area (Å²) in [5, 5.41) is 1.13. The first-order valence-electron chi connectivity index (χ1n) is 12.8. The Morgan fingerprint density at radius 3 is 2.12 bits per heavy atom. The summed E-state index contributed by atoms with van der Waals surface area (Å²) >= 11 is 0. The average molecular weight is 459 g/mol. The van der Waals surface area contributed by atoms with Crippen LogP contribution in [0, 0.1) is 17.6 Å². The van der Waals surface area contributed by atoms with Crippen molar-refractivity contribution in [3.8, 4) is 0 Å². The maximum Gasteiger partial charge on any atom is 0.166 e. The van der Waals surface area contributed by atoms with Crippen molar-refractivity contribution < 1.29 is 8.78 Å². The van der Waals surface area contributed by atoms with Gasteiger partial charge in [-0.1, -0.05) is 48.6 Å². The van der Waals surface area contributed by atoms with Gasteiger partial charge in [0.1, 0.15) is 0 Å². The molecule has 0 amide bonds. The van der Waals surface area contributed by atoms with E-state index in [1.165, 1.54) is 43.2 Å². The Balaban J connectivity index is 1.37. The van der Waals surface area contributed by atoms with E-state index in [-0.39, 0.29) is 0 Å². The van der Waals surface area contributed by atoms with Gasteiger partial charge < -0.3 is 0 Å². The molecular formula is C32H36F2. The van der Waals surface area contributed by atoms with Crippen LogP contribution in [0.2, 0.25) is 0 Å². The van der Waals surface area contributed by atoms with Gasteiger partial charge in [0.25, 0.3) is 0 Å². The highest BCUT2D eigenvalue weighted by molar-refractivity contribution is 5.84. The molecule has 0 bridgehead atoms. The van der Waals surface area contributed by atoms with Crippen LogP contribution in [-0.4, -0.2) is 0 Å². The van der Waals surface area contributed by atoms with Crippen molar-refractivity contribution in [3.63, 3.8) is 0 Å². The molecule has 2 heteroatoms. The molecule has 0 aliphatic heterocycles. The van der Waals surface area contributed by atoms with Crippen LogP contribution < -0.4 is 0 Å². The highest BCUT2D eigenvalue weighted by atomic mass is 19.2. The molecule has 1 saturated carbocycles. The smallest absolute Gasteiger partial charge is 0.166 e. The summed E-state index contributed by atoms with van der Waals surface area (Å²) in [5.41, 5.74) is 4.20. The van der Waals surface area contributed by atoms with Crippen LogP contribution in [0.4, 0.5) is 8.78 Å². The van der Waals surface area contributed by atoms with E-state index in [4.69, 9.17) is 0 Å². The van der Waals surface area contributed by atoms with Gasteiger partial charge in [-0.15, -0.1) is 13.2 Å². The molecule has 178 valence electrons. The maximum absolute atomic E-state index is 14.7. The van der Waals surface area contributed by atoms with E-state index < -0.39 is 11.6 Å². The van der Waals surface area contributed by atoms with E-state index in [1.54, 1.807) is 12.1 Å². The fraction of sp³-hybridized carbons (Fsp3) is 0.375. The predicted octanol–water partition coefficient (Wildman–Crippen LogP) is 9.26. The summed E-state index contributed by atoms with van der Waals surface area (Å²) in [6, 6.07) is 16.6. The standard InChI is InChI=1S/C32H36F2/c1-3-5-7-23-11-16-26(17-12-23)27-18-13-24(14-19-27)9-10-25-15-20-28-22-29(8-6-4-2)31(33)32(34)30(28)21-25/h3-4,13-15,18-23,26H,1-2,5-12,16-17H2. The maximum atomic E-state index is 14.7. The molecule has 3 aromatic rings. The Labute approximate surface area is 203 Å². The van der Waals surface area contributed by atoms with Gasteiger partial charge in [-0.3, -0.25) is 0 Å². The first kappa shape index (κ1) is 24.4. The predicted molar refractivity (Wildman–Crippen MR) is 140 cm³/mol. The molecule has 1 fully saturated rings. The van der Waals surface area contributed by atoms with E-state index in [0.717, 1.165) is 36.1 Å². The molecule has 4 rings (SSSR count). The highest BCUT2D eigenvalue weighted by Crippen LogP contribution is 2.37. The topological polar surface area (TPSA) is 0 Å². The number of benzene rings is 3. The highest BCUT2D eigenvalue weighted by Gasteiger charge is 2.21. The Hall–Kier alpha value is -2.74. The summed E-state index contributed by atoms with van der Waals surface area (Å²) in [5.74, 6) is 0.0927. The molecule has 0 nitrogen and oxygen atoms in total. The van der Waals surface area contributed by atoms with Crippen LogP contribution in [0.15, 0.2) is 73.8 Å². The third kappa shape index (κ3) is 5.84. The van der Waals surface area contributed by atoms with E-state index in [2.05, 4.69) is 37.4 Å². The zero-order valence-electron chi connectivity index (χ0n) is 20.2. The molecule has 0 N–H and O–H groups in total. The van der Waals surface area contributed by atoms with Gasteiger partial charge in [0, 0.05) is 5.39 Å². The summed E-state index contributed by atoms with van der Waals surface area (Å²) in [7, 11) is 0. The van der Waals surface area contributed by atoms with Gasteiger partial charge >= 0.3 is 0 Å². The number of allylic oxidation sites excluding steroid dienone is 2. The number of fused-ring (bicyclic) bond motifs is 1. The summed E-state index contributed by atoms with van der Waals surface area (Å²) in [6.07, 6.45) is 14.2. The fourth-order valence-corrected chi connectivity index (χ4v) is 5.41. The molecule has 0 aromatic heterocycles. The minimum absolute atomic E-state index is 0.372. The van der Waals surface area contributed by atoms with Crippen molar-refractivity contribution in [2.24, 2.45) is 5.92 Å². The number of hydrogen-bond donors (Lipinski definition) is 0. The van der Waals surface area contributed by atoms with Gasteiger partial charge in [0.05, 0.1) is 0 Å². The van der Waals surface area contributed by atoms with E-state index >= 15 is 0 Å². The van der Waals surface area contributed by atoms with Crippen LogP contribution in [-0.2, 0) is 19.3 Å². The number of rotatable bonds is 10. The first-order chi connectivity index (χ1) is 16.6. The molecule has 0 unspecified atom stereocenters. The molecule has 34 heavy (non-hydrogen) atoms. The zero-order chi connectivity index (χ0) is 23.9. The quantitative estimate of drug-likeness (QED) is 0.266. The van der Waals surface area contributed by atoms with Crippen molar-refractivity contribution in [1.82, 2.24) is 0 Å². The molecule has 0 radical (unpaired) electrons. The normalized spacial score (nSPS) is 18.2. The summed E-state index contributed by atoms with van der Waals surface area (Å²) < 4.78 is 29.2. The zero-order valence-corrected chi connectivity index (χ0v) is 20.2. The first-order valence-corrected chi connectivity index (χ1v) is 12.8. The Morgan fingerprint density at radius 2 is 1.41 bits per heavy atom. The fourth-order valence-electron chi connectivity index (χ4n) is 5.41. The molecule has 0 atom stereocenters. The lowest BCUT2D eigenvalue weighted by atomic mass is 9.77. The van der Waals surface area contributed by atoms with Crippen LogP contribution in [0.3, 0.4) is 0 Å². The van der Waals surface area contributed by atoms with E-state index in [9.17, 15) is 8.78 Å². The summed E-state index contributed by atoms with van der Waals surface area (Å²) in [4.78, 5) is 0. The lowest BCUT2D eigenvalue weighted by molar-refractivity contribution is 0.312. The van der Waals surface area contributed by atoms with Crippen LogP contribution in [0.1, 0.15) is 73.1 Å². The monoisotopic (exact) mass is 458 g/mol. The lowest BCUT2D eigenvalue weighted by Crippen LogP contribution is -2.13. The third-order valence-corrected chi connectivity index (χ3v) is 7.56. The number of hydrogen-bond acceptors (Lipinski definition) is 0.